The fourth-order valence-corrected chi connectivity index (χ4v) is 1.03. The molecule has 0 heterocycles. The fourth-order valence-electron chi connectivity index (χ4n) is 0.848. The van der Waals surface area contributed by atoms with Crippen molar-refractivity contribution in [3.63, 3.8) is 0 Å². The molecule has 1 aromatic carbocycles. The van der Waals surface area contributed by atoms with Crippen LogP contribution in [0.1, 0.15) is 6.92 Å². The second-order valence-corrected chi connectivity index (χ2v) is 2.87. The summed E-state index contributed by atoms with van der Waals surface area (Å²) in [4.78, 5) is 0. The highest BCUT2D eigenvalue weighted by atomic mass is 32.1. The van der Waals surface area contributed by atoms with Gasteiger partial charge in [0.2, 0.25) is 0 Å². The first kappa shape index (κ1) is 9.74. The number of allylic oxidation sites excluding steroid dienone is 1. The van der Waals surface area contributed by atoms with Crippen LogP contribution in [0.5, 0.6) is 0 Å². The minimum absolute atomic E-state index is 0.601. The smallest absolute Gasteiger partial charge is 0.174 e. The maximum absolute atomic E-state index is 5.03. The van der Waals surface area contributed by atoms with Gasteiger partial charge in [-0.15, -0.1) is 0 Å². The highest BCUT2D eigenvalue weighted by molar-refractivity contribution is 7.80. The molecule has 13 heavy (non-hydrogen) atoms. The molecule has 0 aliphatic carbocycles. The van der Waals surface area contributed by atoms with Gasteiger partial charge in [0.15, 0.2) is 5.11 Å². The van der Waals surface area contributed by atoms with Crippen LogP contribution in [0.25, 0.3) is 0 Å². The van der Waals surface area contributed by atoms with Crippen LogP contribution in [0.4, 0.5) is 5.69 Å². The molecular formula is C10H12N2S. The number of benzene rings is 1. The first-order valence-corrected chi connectivity index (χ1v) is 4.47. The quantitative estimate of drug-likeness (QED) is 0.704. The lowest BCUT2D eigenvalue weighted by Gasteiger charge is -2.06. The van der Waals surface area contributed by atoms with Gasteiger partial charge in [-0.25, -0.2) is 0 Å². The van der Waals surface area contributed by atoms with E-state index in [2.05, 4.69) is 10.6 Å². The van der Waals surface area contributed by atoms with Crippen LogP contribution in [0, 0.1) is 0 Å². The molecule has 0 aliphatic heterocycles. The number of thiocarbonyl (C=S) groups is 1. The summed E-state index contributed by atoms with van der Waals surface area (Å²) in [6, 6.07) is 9.81. The molecule has 0 bridgehead atoms. The van der Waals surface area contributed by atoms with Crippen molar-refractivity contribution in [2.45, 2.75) is 6.92 Å². The van der Waals surface area contributed by atoms with Crippen molar-refractivity contribution in [3.05, 3.63) is 42.6 Å². The third kappa shape index (κ3) is 3.71. The lowest BCUT2D eigenvalue weighted by Crippen LogP contribution is -2.23. The highest BCUT2D eigenvalue weighted by Crippen LogP contribution is 2.03. The predicted octanol–water partition coefficient (Wildman–Crippen LogP) is 2.51. The van der Waals surface area contributed by atoms with E-state index in [1.807, 2.05) is 43.3 Å². The molecule has 0 amide bonds. The molecule has 0 fully saturated rings. The van der Waals surface area contributed by atoms with Crippen LogP contribution in [-0.2, 0) is 0 Å². The molecule has 0 atom stereocenters. The Kier molecular flexibility index (Phi) is 3.99. The van der Waals surface area contributed by atoms with E-state index in [4.69, 9.17) is 12.2 Å². The second-order valence-electron chi connectivity index (χ2n) is 2.46. The lowest BCUT2D eigenvalue weighted by molar-refractivity contribution is 1.28. The number of nitrogens with one attached hydrogen (secondary N) is 2. The molecule has 0 aromatic heterocycles. The van der Waals surface area contributed by atoms with E-state index in [1.165, 1.54) is 0 Å². The minimum Gasteiger partial charge on any atom is -0.339 e. The number of anilines is 1. The van der Waals surface area contributed by atoms with Crippen molar-refractivity contribution in [1.82, 2.24) is 5.32 Å². The molecular weight excluding hydrogens is 180 g/mol. The Balaban J connectivity index is 2.46. The van der Waals surface area contributed by atoms with Crippen molar-refractivity contribution in [1.29, 1.82) is 0 Å². The van der Waals surface area contributed by atoms with Crippen molar-refractivity contribution in [2.75, 3.05) is 5.32 Å². The highest BCUT2D eigenvalue weighted by Gasteiger charge is 1.91. The van der Waals surface area contributed by atoms with Gasteiger partial charge in [0.25, 0.3) is 0 Å². The van der Waals surface area contributed by atoms with Crippen LogP contribution in [0.3, 0.4) is 0 Å². The largest absolute Gasteiger partial charge is 0.339 e. The fraction of sp³-hybridized carbons (Fsp3) is 0.100. The molecule has 0 aliphatic rings. The molecule has 1 rings (SSSR count). The normalized spacial score (nSPS) is 9.92. The van der Waals surface area contributed by atoms with Gasteiger partial charge in [0.1, 0.15) is 0 Å². The molecule has 3 heteroatoms. The van der Waals surface area contributed by atoms with Crippen molar-refractivity contribution in [2.24, 2.45) is 0 Å². The topological polar surface area (TPSA) is 24.1 Å². The van der Waals surface area contributed by atoms with Crippen molar-refractivity contribution in [3.8, 4) is 0 Å². The monoisotopic (exact) mass is 192 g/mol. The van der Waals surface area contributed by atoms with E-state index < -0.39 is 0 Å². The van der Waals surface area contributed by atoms with E-state index in [9.17, 15) is 0 Å². The predicted molar refractivity (Wildman–Crippen MR) is 60.6 cm³/mol. The lowest BCUT2D eigenvalue weighted by atomic mass is 10.3. The van der Waals surface area contributed by atoms with Gasteiger partial charge in [-0.2, -0.15) is 0 Å². The SMILES string of the molecule is C/C=C/NC(=S)Nc1ccccc1. The van der Waals surface area contributed by atoms with E-state index in [0.717, 1.165) is 5.69 Å². The molecule has 0 spiro atoms. The van der Waals surface area contributed by atoms with E-state index in [0.29, 0.717) is 5.11 Å². The van der Waals surface area contributed by atoms with Gasteiger partial charge in [-0.1, -0.05) is 24.3 Å². The Morgan fingerprint density at radius 2 is 2.00 bits per heavy atom. The molecule has 0 saturated carbocycles. The summed E-state index contributed by atoms with van der Waals surface area (Å²) >= 11 is 5.03. The van der Waals surface area contributed by atoms with Crippen LogP contribution >= 0.6 is 12.2 Å². The standard InChI is InChI=1S/C10H12N2S/c1-2-8-11-10(13)12-9-6-4-3-5-7-9/h2-8H,1H3,(H2,11,12,13)/b8-2+. The number of hydrogen-bond donors (Lipinski definition) is 2. The molecule has 0 unspecified atom stereocenters. The Bertz CT molecular complexity index is 293. The third-order valence-corrected chi connectivity index (χ3v) is 1.63. The molecule has 2 nitrogen and oxygen atoms in total. The maximum Gasteiger partial charge on any atom is 0.174 e. The van der Waals surface area contributed by atoms with Gasteiger partial charge in [-0.3, -0.25) is 0 Å². The zero-order valence-corrected chi connectivity index (χ0v) is 8.27. The van der Waals surface area contributed by atoms with E-state index in [1.54, 1.807) is 6.20 Å². The van der Waals surface area contributed by atoms with Gasteiger partial charge >= 0.3 is 0 Å². The zero-order chi connectivity index (χ0) is 9.52. The van der Waals surface area contributed by atoms with Gasteiger partial charge in [0, 0.05) is 5.69 Å². The summed E-state index contributed by atoms with van der Waals surface area (Å²) in [5.74, 6) is 0. The Labute approximate surface area is 83.7 Å². The first-order valence-electron chi connectivity index (χ1n) is 4.06. The summed E-state index contributed by atoms with van der Waals surface area (Å²) in [5.41, 5.74) is 0.990. The number of hydrogen-bond acceptors (Lipinski definition) is 1. The summed E-state index contributed by atoms with van der Waals surface area (Å²) in [6.07, 6.45) is 3.68. The average Bonchev–Trinajstić information content (AvgIpc) is 2.16. The van der Waals surface area contributed by atoms with Crippen LogP contribution in [0.2, 0.25) is 0 Å². The molecule has 0 radical (unpaired) electrons. The van der Waals surface area contributed by atoms with Gasteiger partial charge in [0.05, 0.1) is 0 Å². The zero-order valence-electron chi connectivity index (χ0n) is 7.45. The minimum atomic E-state index is 0.601. The van der Waals surface area contributed by atoms with Crippen LogP contribution in [0.15, 0.2) is 42.6 Å². The summed E-state index contributed by atoms with van der Waals surface area (Å²) in [7, 11) is 0. The van der Waals surface area contributed by atoms with Crippen molar-refractivity contribution >= 4 is 23.0 Å². The van der Waals surface area contributed by atoms with Crippen LogP contribution in [-0.4, -0.2) is 5.11 Å². The van der Waals surface area contributed by atoms with E-state index in [-0.39, 0.29) is 0 Å². The third-order valence-electron chi connectivity index (χ3n) is 1.41. The summed E-state index contributed by atoms with van der Waals surface area (Å²) < 4.78 is 0. The Morgan fingerprint density at radius 3 is 2.62 bits per heavy atom. The van der Waals surface area contributed by atoms with Crippen LogP contribution < -0.4 is 10.6 Å². The molecule has 1 aromatic rings. The number of rotatable bonds is 2. The van der Waals surface area contributed by atoms with Gasteiger partial charge < -0.3 is 10.6 Å². The maximum atomic E-state index is 5.03. The molecule has 2 N–H and O–H groups in total. The molecule has 0 saturated heterocycles. The van der Waals surface area contributed by atoms with Crippen molar-refractivity contribution < 1.29 is 0 Å². The van der Waals surface area contributed by atoms with Gasteiger partial charge in [-0.05, 0) is 37.5 Å². The molecule has 68 valence electrons. The first-order chi connectivity index (χ1) is 6.33. The summed E-state index contributed by atoms with van der Waals surface area (Å²) in [5, 5.41) is 6.57. The van der Waals surface area contributed by atoms with E-state index >= 15 is 0 Å². The second kappa shape index (κ2) is 5.32. The average molecular weight is 192 g/mol. The summed E-state index contributed by atoms with van der Waals surface area (Å²) in [6.45, 7) is 1.93. The Morgan fingerprint density at radius 1 is 1.31 bits per heavy atom. The Hall–Kier alpha value is -1.35. The number of para-hydroxylation sites is 1.